The molecule has 0 saturated heterocycles. The van der Waals surface area contributed by atoms with Crippen molar-refractivity contribution in [1.82, 2.24) is 36.0 Å². The second-order valence-electron chi connectivity index (χ2n) is 24.8. The van der Waals surface area contributed by atoms with E-state index in [4.69, 9.17) is 25.7 Å². The molecular weight excluding hydrogens is 1210 g/mol. The first kappa shape index (κ1) is 69.6. The highest BCUT2D eigenvalue weighted by Crippen LogP contribution is 2.47. The van der Waals surface area contributed by atoms with Gasteiger partial charge in [-0.2, -0.15) is 0 Å². The number of carbonyl (C=O) groups excluding carboxylic acids is 7. The minimum Gasteiger partial charge on any atom is -0.480 e. The van der Waals surface area contributed by atoms with Crippen LogP contribution in [0.1, 0.15) is 130 Å². The van der Waals surface area contributed by atoms with Gasteiger partial charge < -0.3 is 66.8 Å². The van der Waals surface area contributed by atoms with Gasteiger partial charge in [-0.15, -0.1) is 0 Å². The quantitative estimate of drug-likeness (QED) is 0.0146. The number of nitrogens with zero attached hydrogens (tertiary/aromatic N) is 3. The molecule has 0 fully saturated rings. The number of carboxylic acid groups (broad SMARTS) is 1. The van der Waals surface area contributed by atoms with Gasteiger partial charge in [0, 0.05) is 70.5 Å². The molecular formula is C74H89N9O12. The molecule has 6 aromatic rings. The Morgan fingerprint density at radius 2 is 0.884 bits per heavy atom. The third-order valence-corrected chi connectivity index (χ3v) is 18.1. The van der Waals surface area contributed by atoms with E-state index in [9.17, 15) is 38.7 Å². The van der Waals surface area contributed by atoms with Crippen LogP contribution in [0.4, 0.5) is 19.2 Å². The predicted molar refractivity (Wildman–Crippen MR) is 362 cm³/mol. The van der Waals surface area contributed by atoms with Gasteiger partial charge in [-0.3, -0.25) is 14.4 Å². The van der Waals surface area contributed by atoms with Crippen LogP contribution in [0.25, 0.3) is 33.4 Å². The molecule has 9 N–H and O–H groups in total. The Hall–Kier alpha value is -9.76. The summed E-state index contributed by atoms with van der Waals surface area (Å²) in [4.78, 5) is 113. The van der Waals surface area contributed by atoms with E-state index >= 15 is 4.79 Å². The fourth-order valence-corrected chi connectivity index (χ4v) is 13.4. The number of hydrogen-bond acceptors (Lipinski definition) is 12. The Kier molecular flexibility index (Phi) is 24.8. The van der Waals surface area contributed by atoms with E-state index in [1.165, 1.54) is 16.7 Å². The number of amides is 8. The summed E-state index contributed by atoms with van der Waals surface area (Å²) in [6.45, 7) is 6.23. The van der Waals surface area contributed by atoms with Gasteiger partial charge in [0.15, 0.2) is 0 Å². The normalized spacial score (nSPS) is 13.5. The van der Waals surface area contributed by atoms with Crippen molar-refractivity contribution in [3.63, 3.8) is 0 Å². The number of carbonyl (C=O) groups is 8. The van der Waals surface area contributed by atoms with Gasteiger partial charge >= 0.3 is 30.3 Å². The van der Waals surface area contributed by atoms with E-state index in [1.54, 1.807) is 18.7 Å². The Morgan fingerprint density at radius 1 is 0.484 bits per heavy atom. The second kappa shape index (κ2) is 33.9. The topological polar surface area (TPSA) is 294 Å². The third kappa shape index (κ3) is 17.7. The average molecular weight is 1300 g/mol. The smallest absolute Gasteiger partial charge is 0.409 e. The van der Waals surface area contributed by atoms with Crippen LogP contribution in [-0.2, 0) is 33.4 Å². The number of primary amides is 1. The maximum atomic E-state index is 15.1. The summed E-state index contributed by atoms with van der Waals surface area (Å²) in [5.41, 5.74) is 24.3. The molecule has 0 heterocycles. The molecule has 8 amide bonds. The van der Waals surface area contributed by atoms with E-state index in [-0.39, 0.29) is 96.0 Å². The van der Waals surface area contributed by atoms with Crippen molar-refractivity contribution in [3.8, 4) is 33.4 Å². The SMILES string of the molecule is CC(=O)N[C@@H](CCCCNC(=O)OCC1c2ccccc2-c2ccccc21)C(=O)N[C@H](C(=O)N(CCCN(CCCCN(CCCN)C(=O)OCC1c2ccccc2-c2ccccc21)C(=O)OCC1c2ccccc2-c2ccccc21)[C@@H](CCCNC(N)=O)C(=O)O)C(C)C. The van der Waals surface area contributed by atoms with Crippen LogP contribution in [0.5, 0.6) is 0 Å². The van der Waals surface area contributed by atoms with Crippen LogP contribution < -0.4 is 32.7 Å². The zero-order chi connectivity index (χ0) is 67.4. The molecule has 502 valence electrons. The van der Waals surface area contributed by atoms with Crippen molar-refractivity contribution in [2.45, 2.75) is 114 Å². The van der Waals surface area contributed by atoms with Crippen molar-refractivity contribution in [3.05, 3.63) is 179 Å². The molecule has 9 rings (SSSR count). The molecule has 21 heteroatoms. The van der Waals surface area contributed by atoms with Gasteiger partial charge in [-0.05, 0) is 137 Å². The summed E-state index contributed by atoms with van der Waals surface area (Å²) < 4.78 is 18.0. The molecule has 21 nitrogen and oxygen atoms in total. The van der Waals surface area contributed by atoms with E-state index in [1.807, 2.05) is 109 Å². The van der Waals surface area contributed by atoms with Gasteiger partial charge in [-0.25, -0.2) is 24.0 Å². The second-order valence-corrected chi connectivity index (χ2v) is 24.8. The lowest BCUT2D eigenvalue weighted by Crippen LogP contribution is -2.58. The van der Waals surface area contributed by atoms with Crippen LogP contribution in [0.15, 0.2) is 146 Å². The van der Waals surface area contributed by atoms with E-state index < -0.39 is 72.0 Å². The molecule has 6 aromatic carbocycles. The number of carboxylic acids is 1. The first-order chi connectivity index (χ1) is 46.0. The monoisotopic (exact) mass is 1300 g/mol. The number of nitrogens with two attached hydrogens (primary N) is 2. The summed E-state index contributed by atoms with van der Waals surface area (Å²) >= 11 is 0. The predicted octanol–water partition coefficient (Wildman–Crippen LogP) is 10.1. The average Bonchev–Trinajstić information content (AvgIpc) is 1.64. The van der Waals surface area contributed by atoms with Gasteiger partial charge in [0.1, 0.15) is 37.9 Å². The van der Waals surface area contributed by atoms with Gasteiger partial charge in [0.25, 0.3) is 0 Å². The molecule has 0 saturated carbocycles. The standard InChI is InChI=1S/C74H89N9O12/c1-48(2)67(80-68(85)65(79-49(3)84)35-16-17-38-78-72(90)93-45-62-56-29-10-4-23-50(56)51-24-5-11-30-57(51)62)69(86)83(66(70(87)88)36-20-39-77-71(76)89)44-22-43-82(74(92)95-47-64-60-33-14-8-27-54(60)55-28-9-15-34-61(55)64)41-19-18-40-81(42-21-37-75)73(91)94-46-63-58-31-12-6-25-52(58)53-26-7-13-32-59(53)63/h4-15,23-34,48,62-67H,16-22,35-47,75H2,1-3H3,(H,78,90)(H,79,84)(H,80,85)(H,87,88)(H3,76,77,89)/t65-,66-,67-/m0/s1. The Labute approximate surface area is 555 Å². The minimum atomic E-state index is -1.45. The van der Waals surface area contributed by atoms with Crippen molar-refractivity contribution < 1.29 is 57.7 Å². The number of rotatable bonds is 34. The van der Waals surface area contributed by atoms with Crippen LogP contribution in [0.3, 0.4) is 0 Å². The van der Waals surface area contributed by atoms with E-state index in [2.05, 4.69) is 57.7 Å². The van der Waals surface area contributed by atoms with Crippen LogP contribution >= 0.6 is 0 Å². The third-order valence-electron chi connectivity index (χ3n) is 18.1. The lowest BCUT2D eigenvalue weighted by atomic mass is 9.98. The van der Waals surface area contributed by atoms with Crippen LogP contribution in [-0.4, -0.2) is 158 Å². The summed E-state index contributed by atoms with van der Waals surface area (Å²) in [7, 11) is 0. The van der Waals surface area contributed by atoms with E-state index in [0.717, 1.165) is 66.8 Å². The van der Waals surface area contributed by atoms with E-state index in [0.29, 0.717) is 51.7 Å². The van der Waals surface area contributed by atoms with Gasteiger partial charge in [0.2, 0.25) is 17.7 Å². The summed E-state index contributed by atoms with van der Waals surface area (Å²) in [5.74, 6) is -4.30. The maximum Gasteiger partial charge on any atom is 0.409 e. The number of ether oxygens (including phenoxy) is 3. The van der Waals surface area contributed by atoms with Crippen molar-refractivity contribution >= 4 is 48.0 Å². The lowest BCUT2D eigenvalue weighted by Gasteiger charge is -2.35. The highest BCUT2D eigenvalue weighted by Gasteiger charge is 2.38. The van der Waals surface area contributed by atoms with Gasteiger partial charge in [0.05, 0.1) is 0 Å². The number of fused-ring (bicyclic) bond motifs is 9. The Bertz CT molecular complexity index is 3540. The largest absolute Gasteiger partial charge is 0.480 e. The highest BCUT2D eigenvalue weighted by atomic mass is 16.6. The van der Waals surface area contributed by atoms with Crippen LogP contribution in [0, 0.1) is 5.92 Å². The number of unbranched alkanes of at least 4 members (excludes halogenated alkanes) is 2. The fourth-order valence-electron chi connectivity index (χ4n) is 13.4. The molecule has 95 heavy (non-hydrogen) atoms. The van der Waals surface area contributed by atoms with Crippen molar-refractivity contribution in [2.75, 3.05) is 72.2 Å². The Morgan fingerprint density at radius 3 is 1.28 bits per heavy atom. The molecule has 0 aliphatic heterocycles. The molecule has 0 aromatic heterocycles. The summed E-state index contributed by atoms with van der Waals surface area (Å²) in [5, 5.41) is 21.7. The number of alkyl carbamates (subject to hydrolysis) is 1. The number of hydrogen-bond donors (Lipinski definition) is 7. The van der Waals surface area contributed by atoms with Gasteiger partial charge in [-0.1, -0.05) is 159 Å². The first-order valence-corrected chi connectivity index (χ1v) is 33.2. The Balaban J connectivity index is 0.854. The number of aliphatic carboxylic acids is 1. The number of urea groups is 1. The van der Waals surface area contributed by atoms with Crippen molar-refractivity contribution in [2.24, 2.45) is 17.4 Å². The fraction of sp³-hybridized carbons (Fsp3) is 0.405. The highest BCUT2D eigenvalue weighted by molar-refractivity contribution is 5.93. The molecule has 0 unspecified atom stereocenters. The van der Waals surface area contributed by atoms with Crippen LogP contribution in [0.2, 0.25) is 0 Å². The number of benzene rings is 6. The minimum absolute atomic E-state index is 0.0127. The van der Waals surface area contributed by atoms with Crippen molar-refractivity contribution in [1.29, 1.82) is 0 Å². The molecule has 3 aliphatic carbocycles. The summed E-state index contributed by atoms with van der Waals surface area (Å²) in [6, 6.07) is 43.7. The maximum absolute atomic E-state index is 15.1. The molecule has 0 bridgehead atoms. The molecule has 0 spiro atoms. The molecule has 3 aliphatic rings. The summed E-state index contributed by atoms with van der Waals surface area (Å²) in [6.07, 6.45) is 0.720. The lowest BCUT2D eigenvalue weighted by molar-refractivity contribution is -0.152. The molecule has 0 radical (unpaired) electrons. The molecule has 3 atom stereocenters. The first-order valence-electron chi connectivity index (χ1n) is 33.2. The number of nitrogens with one attached hydrogen (secondary N) is 4. The zero-order valence-electron chi connectivity index (χ0n) is 54.5. The zero-order valence-corrected chi connectivity index (χ0v) is 54.5.